The quantitative estimate of drug-likeness (QED) is 0.307. The number of para-hydroxylation sites is 2. The Morgan fingerprint density at radius 3 is 2.33 bits per heavy atom. The van der Waals surface area contributed by atoms with Gasteiger partial charge in [-0.1, -0.05) is 75.0 Å². The topological polar surface area (TPSA) is 64.0 Å². The van der Waals surface area contributed by atoms with Crippen molar-refractivity contribution in [3.05, 3.63) is 94.3 Å². The van der Waals surface area contributed by atoms with Crippen LogP contribution in [0.3, 0.4) is 0 Å². The third-order valence-corrected chi connectivity index (χ3v) is 6.41. The van der Waals surface area contributed by atoms with Crippen LogP contribution in [-0.2, 0) is 10.2 Å². The Balaban J connectivity index is 1.61. The monoisotopic (exact) mass is 457 g/mol. The normalized spacial score (nSPS) is 11.5. The van der Waals surface area contributed by atoms with Crippen LogP contribution in [0.2, 0.25) is 0 Å². The Morgan fingerprint density at radius 1 is 0.970 bits per heavy atom. The number of rotatable bonds is 5. The van der Waals surface area contributed by atoms with Gasteiger partial charge in [0, 0.05) is 5.69 Å². The van der Waals surface area contributed by atoms with E-state index in [1.807, 2.05) is 73.7 Å². The fraction of sp³-hybridized carbons (Fsp3) is 0.222. The van der Waals surface area contributed by atoms with Crippen molar-refractivity contribution in [3.8, 4) is 5.69 Å². The number of aromatic nitrogens is 2. The van der Waals surface area contributed by atoms with Gasteiger partial charge in [0.2, 0.25) is 5.91 Å². The summed E-state index contributed by atoms with van der Waals surface area (Å²) in [6.07, 6.45) is 0. The minimum atomic E-state index is -0.151. The second kappa shape index (κ2) is 9.24. The summed E-state index contributed by atoms with van der Waals surface area (Å²) in [5, 5.41) is 3.98. The Labute approximate surface area is 197 Å². The van der Waals surface area contributed by atoms with Gasteiger partial charge >= 0.3 is 0 Å². The summed E-state index contributed by atoms with van der Waals surface area (Å²) in [5.74, 6) is -0.0141. The number of carbonyl (C=O) groups excluding carboxylic acids is 1. The summed E-state index contributed by atoms with van der Waals surface area (Å²) in [6.45, 7) is 8.42. The average Bonchev–Trinajstić information content (AvgIpc) is 2.78. The lowest BCUT2D eigenvalue weighted by Crippen LogP contribution is -2.23. The first-order valence-corrected chi connectivity index (χ1v) is 11.8. The molecule has 0 aliphatic rings. The Kier molecular flexibility index (Phi) is 6.38. The van der Waals surface area contributed by atoms with Gasteiger partial charge in [0.1, 0.15) is 0 Å². The molecule has 3 aromatic carbocycles. The van der Waals surface area contributed by atoms with E-state index in [9.17, 15) is 9.59 Å². The van der Waals surface area contributed by atoms with E-state index in [0.29, 0.717) is 16.1 Å². The van der Waals surface area contributed by atoms with Crippen molar-refractivity contribution in [2.45, 2.75) is 38.3 Å². The smallest absolute Gasteiger partial charge is 0.266 e. The molecular formula is C27H27N3O2S. The summed E-state index contributed by atoms with van der Waals surface area (Å²) in [5.41, 5.74) is 4.21. The van der Waals surface area contributed by atoms with E-state index in [1.54, 1.807) is 10.6 Å². The molecule has 1 heterocycles. The van der Waals surface area contributed by atoms with Gasteiger partial charge in [-0.3, -0.25) is 14.2 Å². The van der Waals surface area contributed by atoms with Crippen molar-refractivity contribution >= 4 is 34.3 Å². The zero-order valence-electron chi connectivity index (χ0n) is 19.3. The highest BCUT2D eigenvalue weighted by Gasteiger charge is 2.17. The first-order chi connectivity index (χ1) is 15.7. The van der Waals surface area contributed by atoms with Crippen LogP contribution in [0.25, 0.3) is 16.6 Å². The Morgan fingerprint density at radius 2 is 1.64 bits per heavy atom. The van der Waals surface area contributed by atoms with Crippen LogP contribution in [0, 0.1) is 6.92 Å². The standard InChI is InChI=1S/C27H27N3O2S/c1-18-9-5-8-12-23(18)30-25(32)21-10-6-7-11-22(21)29-26(30)33-17-24(31)28-20-15-13-19(14-16-20)27(2,3)4/h5-16H,17H2,1-4H3,(H,28,31). The molecule has 5 nitrogen and oxygen atoms in total. The summed E-state index contributed by atoms with van der Waals surface area (Å²) in [7, 11) is 0. The van der Waals surface area contributed by atoms with Gasteiger partial charge < -0.3 is 5.32 Å². The summed E-state index contributed by atoms with van der Waals surface area (Å²) in [4.78, 5) is 30.8. The highest BCUT2D eigenvalue weighted by molar-refractivity contribution is 7.99. The predicted octanol–water partition coefficient (Wildman–Crippen LogP) is 5.72. The number of nitrogens with one attached hydrogen (secondary N) is 1. The second-order valence-corrected chi connectivity index (χ2v) is 9.95. The molecule has 0 atom stereocenters. The van der Waals surface area contributed by atoms with E-state index in [0.717, 1.165) is 16.9 Å². The average molecular weight is 458 g/mol. The van der Waals surface area contributed by atoms with E-state index >= 15 is 0 Å². The number of benzene rings is 3. The van der Waals surface area contributed by atoms with E-state index < -0.39 is 0 Å². The van der Waals surface area contributed by atoms with Crippen LogP contribution in [0.15, 0.2) is 82.7 Å². The van der Waals surface area contributed by atoms with Crippen molar-refractivity contribution in [1.29, 1.82) is 0 Å². The van der Waals surface area contributed by atoms with E-state index in [1.165, 1.54) is 17.3 Å². The van der Waals surface area contributed by atoms with Gasteiger partial charge in [0.15, 0.2) is 5.16 Å². The third kappa shape index (κ3) is 5.01. The van der Waals surface area contributed by atoms with Crippen LogP contribution in [-0.4, -0.2) is 21.2 Å². The molecule has 0 fully saturated rings. The fourth-order valence-corrected chi connectivity index (χ4v) is 4.42. The molecule has 0 aliphatic heterocycles. The molecule has 1 aromatic heterocycles. The Hall–Kier alpha value is -3.38. The molecule has 0 spiro atoms. The first kappa shape index (κ1) is 22.8. The van der Waals surface area contributed by atoms with Gasteiger partial charge in [-0.2, -0.15) is 0 Å². The molecule has 0 aliphatic carbocycles. The Bertz CT molecular complexity index is 1370. The van der Waals surface area contributed by atoms with Gasteiger partial charge in [-0.05, 0) is 53.8 Å². The molecule has 0 unspecified atom stereocenters. The largest absolute Gasteiger partial charge is 0.325 e. The van der Waals surface area contributed by atoms with Crippen LogP contribution in [0.4, 0.5) is 5.69 Å². The van der Waals surface area contributed by atoms with Crippen molar-refractivity contribution in [1.82, 2.24) is 9.55 Å². The van der Waals surface area contributed by atoms with Gasteiger partial charge in [0.05, 0.1) is 22.3 Å². The number of amides is 1. The molecule has 4 aromatic rings. The molecular weight excluding hydrogens is 430 g/mol. The van der Waals surface area contributed by atoms with Gasteiger partial charge in [-0.25, -0.2) is 4.98 Å². The molecule has 168 valence electrons. The number of carbonyl (C=O) groups is 1. The van der Waals surface area contributed by atoms with Crippen molar-refractivity contribution in [2.75, 3.05) is 11.1 Å². The number of hydrogen-bond donors (Lipinski definition) is 1. The van der Waals surface area contributed by atoms with Crippen LogP contribution in [0.5, 0.6) is 0 Å². The lowest BCUT2D eigenvalue weighted by atomic mass is 9.87. The highest BCUT2D eigenvalue weighted by Crippen LogP contribution is 2.25. The molecule has 1 amide bonds. The fourth-order valence-electron chi connectivity index (χ4n) is 3.62. The highest BCUT2D eigenvalue weighted by atomic mass is 32.2. The lowest BCUT2D eigenvalue weighted by molar-refractivity contribution is -0.113. The maximum Gasteiger partial charge on any atom is 0.266 e. The summed E-state index contributed by atoms with van der Waals surface area (Å²) in [6, 6.07) is 22.9. The lowest BCUT2D eigenvalue weighted by Gasteiger charge is -2.19. The van der Waals surface area contributed by atoms with Crippen molar-refractivity contribution in [2.24, 2.45) is 0 Å². The minimum Gasteiger partial charge on any atom is -0.325 e. The number of aryl methyl sites for hydroxylation is 1. The van der Waals surface area contributed by atoms with Crippen LogP contribution >= 0.6 is 11.8 Å². The maximum absolute atomic E-state index is 13.4. The number of nitrogens with zero attached hydrogens (tertiary/aromatic N) is 2. The first-order valence-electron chi connectivity index (χ1n) is 10.8. The maximum atomic E-state index is 13.4. The van der Waals surface area contributed by atoms with Crippen molar-refractivity contribution < 1.29 is 4.79 Å². The van der Waals surface area contributed by atoms with Gasteiger partial charge in [0.25, 0.3) is 5.56 Å². The molecule has 6 heteroatoms. The zero-order chi connectivity index (χ0) is 23.6. The van der Waals surface area contributed by atoms with E-state index in [4.69, 9.17) is 4.98 Å². The second-order valence-electron chi connectivity index (χ2n) is 9.00. The summed E-state index contributed by atoms with van der Waals surface area (Å²) < 4.78 is 1.60. The molecule has 0 bridgehead atoms. The van der Waals surface area contributed by atoms with Crippen LogP contribution in [0.1, 0.15) is 31.9 Å². The molecule has 0 saturated heterocycles. The molecule has 1 N–H and O–H groups in total. The molecule has 0 saturated carbocycles. The number of anilines is 1. The molecule has 4 rings (SSSR count). The van der Waals surface area contributed by atoms with Gasteiger partial charge in [-0.15, -0.1) is 0 Å². The number of hydrogen-bond acceptors (Lipinski definition) is 4. The van der Waals surface area contributed by atoms with E-state index in [2.05, 4.69) is 26.1 Å². The minimum absolute atomic E-state index is 0.0549. The van der Waals surface area contributed by atoms with Crippen LogP contribution < -0.4 is 10.9 Å². The molecule has 0 radical (unpaired) electrons. The molecule has 33 heavy (non-hydrogen) atoms. The summed E-state index contributed by atoms with van der Waals surface area (Å²) >= 11 is 1.25. The number of fused-ring (bicyclic) bond motifs is 1. The van der Waals surface area contributed by atoms with Crippen molar-refractivity contribution in [3.63, 3.8) is 0 Å². The van der Waals surface area contributed by atoms with E-state index in [-0.39, 0.29) is 22.6 Å². The predicted molar refractivity (Wildman–Crippen MR) is 137 cm³/mol. The third-order valence-electron chi connectivity index (χ3n) is 5.47. The SMILES string of the molecule is Cc1ccccc1-n1c(SCC(=O)Nc2ccc(C(C)(C)C)cc2)nc2ccccc2c1=O. The number of thioether (sulfide) groups is 1. The zero-order valence-corrected chi connectivity index (χ0v) is 20.1.